The van der Waals surface area contributed by atoms with Crippen LogP contribution < -0.4 is 5.32 Å². The van der Waals surface area contributed by atoms with Crippen LogP contribution in [0.2, 0.25) is 0 Å². The number of fused-ring (bicyclic) bond motifs is 1. The molecule has 19 heavy (non-hydrogen) atoms. The molecule has 0 spiro atoms. The van der Waals surface area contributed by atoms with Crippen LogP contribution in [-0.4, -0.2) is 5.91 Å². The fourth-order valence-corrected chi connectivity index (χ4v) is 3.69. The van der Waals surface area contributed by atoms with Gasteiger partial charge in [-0.3, -0.25) is 4.79 Å². The number of amides is 1. The molecule has 1 aromatic carbocycles. The number of anilines is 1. The van der Waals surface area contributed by atoms with Crippen LogP contribution in [0.1, 0.15) is 34.1 Å². The van der Waals surface area contributed by atoms with Crippen LogP contribution in [0, 0.1) is 6.92 Å². The monoisotopic (exact) mass is 291 g/mol. The first-order valence-corrected chi connectivity index (χ1v) is 7.62. The highest BCUT2D eigenvalue weighted by molar-refractivity contribution is 7.08. The average molecular weight is 292 g/mol. The summed E-state index contributed by atoms with van der Waals surface area (Å²) in [4.78, 5) is 11.3. The number of benzene rings is 1. The molecule has 98 valence electrons. The molecule has 1 aliphatic heterocycles. The Morgan fingerprint density at radius 1 is 1.32 bits per heavy atom. The molecule has 1 unspecified atom stereocenters. The summed E-state index contributed by atoms with van der Waals surface area (Å²) in [5.74, 6) is 0.0938. The van der Waals surface area contributed by atoms with E-state index in [0.717, 1.165) is 17.7 Å². The van der Waals surface area contributed by atoms with Crippen LogP contribution in [0.4, 0.5) is 5.69 Å². The summed E-state index contributed by atoms with van der Waals surface area (Å²) in [6, 6.07) is 6.07. The molecule has 1 N–H and O–H groups in total. The summed E-state index contributed by atoms with van der Waals surface area (Å²) in [7, 11) is 0. The third-order valence-corrected chi connectivity index (χ3v) is 4.85. The summed E-state index contributed by atoms with van der Waals surface area (Å²) < 4.78 is 0. The number of thiophene rings is 1. The quantitative estimate of drug-likeness (QED) is 0.823. The van der Waals surface area contributed by atoms with E-state index in [-0.39, 0.29) is 11.3 Å². The largest absolute Gasteiger partial charge is 0.326 e. The highest BCUT2D eigenvalue weighted by atomic mass is 35.5. The lowest BCUT2D eigenvalue weighted by atomic mass is 9.97. The molecule has 1 aromatic heterocycles. The number of aryl methyl sites for hydroxylation is 2. The molecule has 0 saturated heterocycles. The van der Waals surface area contributed by atoms with Gasteiger partial charge in [-0.2, -0.15) is 11.3 Å². The number of carbonyl (C=O) groups excluding carboxylic acids is 1. The molecular weight excluding hydrogens is 278 g/mol. The van der Waals surface area contributed by atoms with Crippen LogP contribution in [0.15, 0.2) is 29.0 Å². The molecule has 2 aromatic rings. The van der Waals surface area contributed by atoms with Crippen molar-refractivity contribution in [3.8, 4) is 0 Å². The Morgan fingerprint density at radius 2 is 2.16 bits per heavy atom. The molecule has 0 aliphatic carbocycles. The average Bonchev–Trinajstić information content (AvgIpc) is 2.83. The van der Waals surface area contributed by atoms with E-state index >= 15 is 0 Å². The van der Waals surface area contributed by atoms with Gasteiger partial charge in [0.25, 0.3) is 0 Å². The van der Waals surface area contributed by atoms with Gasteiger partial charge >= 0.3 is 0 Å². The SMILES string of the molecule is Cc1cscc1C(Cl)c1ccc2c(c1)CCC(=O)N2. The van der Waals surface area contributed by atoms with E-state index in [1.54, 1.807) is 11.3 Å². The lowest BCUT2D eigenvalue weighted by molar-refractivity contribution is -0.116. The maximum atomic E-state index is 11.3. The molecule has 0 fully saturated rings. The van der Waals surface area contributed by atoms with E-state index in [1.807, 2.05) is 12.1 Å². The van der Waals surface area contributed by atoms with Crippen molar-refractivity contribution in [1.29, 1.82) is 0 Å². The van der Waals surface area contributed by atoms with E-state index < -0.39 is 0 Å². The Hall–Kier alpha value is -1.32. The van der Waals surface area contributed by atoms with Gasteiger partial charge in [-0.15, -0.1) is 11.6 Å². The molecule has 1 atom stereocenters. The van der Waals surface area contributed by atoms with E-state index in [1.165, 1.54) is 16.7 Å². The highest BCUT2D eigenvalue weighted by Gasteiger charge is 2.19. The minimum Gasteiger partial charge on any atom is -0.326 e. The fourth-order valence-electron chi connectivity index (χ4n) is 2.37. The number of nitrogens with one attached hydrogen (secondary N) is 1. The van der Waals surface area contributed by atoms with Crippen molar-refractivity contribution < 1.29 is 4.79 Å². The molecule has 1 aliphatic rings. The zero-order valence-corrected chi connectivity index (χ0v) is 12.1. The van der Waals surface area contributed by atoms with Crippen molar-refractivity contribution in [1.82, 2.24) is 0 Å². The number of carbonyl (C=O) groups is 1. The lowest BCUT2D eigenvalue weighted by Crippen LogP contribution is -2.19. The topological polar surface area (TPSA) is 29.1 Å². The summed E-state index contributed by atoms with van der Waals surface area (Å²) in [5.41, 5.74) is 5.60. The van der Waals surface area contributed by atoms with Crippen LogP contribution in [0.3, 0.4) is 0 Å². The zero-order valence-electron chi connectivity index (χ0n) is 10.6. The van der Waals surface area contributed by atoms with Gasteiger partial charge in [0.2, 0.25) is 5.91 Å². The molecular formula is C15H14ClNOS. The van der Waals surface area contributed by atoms with Gasteiger partial charge < -0.3 is 5.32 Å². The minimum absolute atomic E-state index is 0.0938. The van der Waals surface area contributed by atoms with Gasteiger partial charge in [-0.1, -0.05) is 12.1 Å². The minimum atomic E-state index is -0.117. The maximum absolute atomic E-state index is 11.3. The first kappa shape index (κ1) is 12.7. The molecule has 2 nitrogen and oxygen atoms in total. The summed E-state index contributed by atoms with van der Waals surface area (Å²) in [5, 5.41) is 7.00. The maximum Gasteiger partial charge on any atom is 0.224 e. The smallest absolute Gasteiger partial charge is 0.224 e. The first-order valence-electron chi connectivity index (χ1n) is 6.24. The van der Waals surface area contributed by atoms with Crippen LogP contribution in [0.25, 0.3) is 0 Å². The third-order valence-electron chi connectivity index (χ3n) is 3.49. The van der Waals surface area contributed by atoms with Crippen LogP contribution in [-0.2, 0) is 11.2 Å². The second-order valence-corrected chi connectivity index (χ2v) is 6.02. The molecule has 0 saturated carbocycles. The van der Waals surface area contributed by atoms with Crippen LogP contribution >= 0.6 is 22.9 Å². The number of hydrogen-bond donors (Lipinski definition) is 1. The third kappa shape index (κ3) is 2.40. The molecule has 0 bridgehead atoms. The zero-order chi connectivity index (χ0) is 13.4. The fraction of sp³-hybridized carbons (Fsp3) is 0.267. The summed E-state index contributed by atoms with van der Waals surface area (Å²) in [6.07, 6.45) is 1.35. The van der Waals surface area contributed by atoms with Crippen molar-refractivity contribution in [2.24, 2.45) is 0 Å². The Kier molecular flexibility index (Phi) is 3.33. The Balaban J connectivity index is 1.94. The van der Waals surface area contributed by atoms with E-state index in [4.69, 9.17) is 11.6 Å². The molecule has 2 heterocycles. The van der Waals surface area contributed by atoms with Gasteiger partial charge in [0.1, 0.15) is 0 Å². The van der Waals surface area contributed by atoms with E-state index in [2.05, 4.69) is 29.1 Å². The number of hydrogen-bond acceptors (Lipinski definition) is 2. The van der Waals surface area contributed by atoms with Crippen molar-refractivity contribution in [2.45, 2.75) is 25.1 Å². The van der Waals surface area contributed by atoms with Crippen molar-refractivity contribution in [3.05, 3.63) is 51.2 Å². The van der Waals surface area contributed by atoms with Gasteiger partial charge in [0.05, 0.1) is 5.38 Å². The Labute approximate surface area is 121 Å². The number of rotatable bonds is 2. The Morgan fingerprint density at radius 3 is 2.89 bits per heavy atom. The number of halogens is 1. The highest BCUT2D eigenvalue weighted by Crippen LogP contribution is 2.35. The van der Waals surface area contributed by atoms with Crippen molar-refractivity contribution >= 4 is 34.5 Å². The first-order chi connectivity index (χ1) is 9.15. The standard InChI is InChI=1S/C15H14ClNOS/c1-9-7-19-8-12(9)15(16)11-2-4-13-10(6-11)3-5-14(18)17-13/h2,4,6-8,15H,3,5H2,1H3,(H,17,18). The second kappa shape index (κ2) is 4.99. The van der Waals surface area contributed by atoms with Crippen molar-refractivity contribution in [2.75, 3.05) is 5.32 Å². The van der Waals surface area contributed by atoms with E-state index in [9.17, 15) is 4.79 Å². The lowest BCUT2D eigenvalue weighted by Gasteiger charge is -2.19. The normalized spacial score (nSPS) is 15.8. The van der Waals surface area contributed by atoms with Gasteiger partial charge in [0, 0.05) is 12.1 Å². The Bertz CT molecular complexity index is 635. The van der Waals surface area contributed by atoms with Gasteiger partial charge in [-0.05, 0) is 52.4 Å². The van der Waals surface area contributed by atoms with E-state index in [0.29, 0.717) is 6.42 Å². The number of alkyl halides is 1. The predicted molar refractivity (Wildman–Crippen MR) is 80.1 cm³/mol. The molecule has 1 amide bonds. The molecule has 4 heteroatoms. The summed E-state index contributed by atoms with van der Waals surface area (Å²) >= 11 is 8.25. The molecule has 0 radical (unpaired) electrons. The van der Waals surface area contributed by atoms with Gasteiger partial charge in [-0.25, -0.2) is 0 Å². The van der Waals surface area contributed by atoms with Crippen molar-refractivity contribution in [3.63, 3.8) is 0 Å². The molecule has 3 rings (SSSR count). The second-order valence-electron chi connectivity index (χ2n) is 4.84. The van der Waals surface area contributed by atoms with Gasteiger partial charge in [0.15, 0.2) is 0 Å². The predicted octanol–water partition coefficient (Wildman–Crippen LogP) is 4.27. The summed E-state index contributed by atoms with van der Waals surface area (Å²) in [6.45, 7) is 2.08. The van der Waals surface area contributed by atoms with Crippen LogP contribution in [0.5, 0.6) is 0 Å².